The number of nitrogens with zero attached hydrogens (tertiary/aromatic N) is 3. The molecular weight excluding hydrogens is 343 g/mol. The summed E-state index contributed by atoms with van der Waals surface area (Å²) >= 11 is 4.62. The van der Waals surface area contributed by atoms with E-state index in [0.717, 1.165) is 4.88 Å². The molecule has 2 aromatic heterocycles. The molecule has 0 N–H and O–H groups in total. The molecule has 0 aromatic carbocycles. The molecule has 104 valence electrons. The van der Waals surface area contributed by atoms with E-state index in [1.165, 1.54) is 22.6 Å². The molecule has 2 heterocycles. The maximum atomic E-state index is 12.6. The zero-order valence-electron chi connectivity index (χ0n) is 10.0. The highest BCUT2D eigenvalue weighted by molar-refractivity contribution is 9.09. The number of alkyl halides is 4. The van der Waals surface area contributed by atoms with Gasteiger partial charge in [-0.2, -0.15) is 13.2 Å². The molecule has 19 heavy (non-hydrogen) atoms. The van der Waals surface area contributed by atoms with Crippen LogP contribution in [0.4, 0.5) is 19.0 Å². The van der Waals surface area contributed by atoms with Crippen LogP contribution >= 0.6 is 27.3 Å². The van der Waals surface area contributed by atoms with Gasteiger partial charge in [0.05, 0.1) is 5.39 Å². The Hall–Kier alpha value is -0.890. The molecular formula is C11H11BrF3N3S. The number of aryl methyl sites for hydroxylation is 1. The van der Waals surface area contributed by atoms with E-state index in [9.17, 15) is 13.2 Å². The van der Waals surface area contributed by atoms with E-state index in [1.54, 1.807) is 0 Å². The van der Waals surface area contributed by atoms with Crippen LogP contribution < -0.4 is 4.90 Å². The van der Waals surface area contributed by atoms with Crippen molar-refractivity contribution in [2.45, 2.75) is 13.1 Å². The highest BCUT2D eigenvalue weighted by Crippen LogP contribution is 2.31. The number of hydrogen-bond donors (Lipinski definition) is 0. The molecule has 0 aliphatic heterocycles. The van der Waals surface area contributed by atoms with Gasteiger partial charge in [0.2, 0.25) is 0 Å². The van der Waals surface area contributed by atoms with E-state index in [0.29, 0.717) is 21.4 Å². The first-order valence-corrected chi connectivity index (χ1v) is 7.43. The Morgan fingerprint density at radius 3 is 2.74 bits per heavy atom. The quantitative estimate of drug-likeness (QED) is 0.783. The zero-order chi connectivity index (χ0) is 14.0. The summed E-state index contributed by atoms with van der Waals surface area (Å²) in [5.74, 6) is 0.339. The molecule has 8 heteroatoms. The van der Waals surface area contributed by atoms with Gasteiger partial charge in [-0.3, -0.25) is 0 Å². The number of anilines is 1. The Kier molecular flexibility index (Phi) is 4.29. The summed E-state index contributed by atoms with van der Waals surface area (Å²) in [5.41, 5.74) is 0. The molecule has 0 saturated heterocycles. The Morgan fingerprint density at radius 1 is 1.37 bits per heavy atom. The maximum absolute atomic E-state index is 12.6. The Bertz CT molecular complexity index is 570. The van der Waals surface area contributed by atoms with E-state index in [2.05, 4.69) is 25.9 Å². The summed E-state index contributed by atoms with van der Waals surface area (Å²) in [5, 5.41) is 1.12. The van der Waals surface area contributed by atoms with Gasteiger partial charge in [-0.15, -0.1) is 11.3 Å². The molecule has 0 saturated carbocycles. The van der Waals surface area contributed by atoms with E-state index in [1.807, 2.05) is 13.0 Å². The average Bonchev–Trinajstić information content (AvgIpc) is 2.66. The zero-order valence-corrected chi connectivity index (χ0v) is 12.4. The van der Waals surface area contributed by atoms with E-state index in [4.69, 9.17) is 0 Å². The van der Waals surface area contributed by atoms with E-state index >= 15 is 0 Å². The topological polar surface area (TPSA) is 29.0 Å². The van der Waals surface area contributed by atoms with Crippen LogP contribution in [0.2, 0.25) is 0 Å². The van der Waals surface area contributed by atoms with Gasteiger partial charge < -0.3 is 4.90 Å². The summed E-state index contributed by atoms with van der Waals surface area (Å²) in [6.07, 6.45) is -2.95. The van der Waals surface area contributed by atoms with Crippen molar-refractivity contribution < 1.29 is 13.2 Å². The molecule has 0 bridgehead atoms. The van der Waals surface area contributed by atoms with Gasteiger partial charge in [0.15, 0.2) is 0 Å². The lowest BCUT2D eigenvalue weighted by atomic mass is 10.3. The molecule has 0 atom stereocenters. The summed E-state index contributed by atoms with van der Waals surface area (Å²) < 4.78 is 37.9. The van der Waals surface area contributed by atoms with Gasteiger partial charge in [0, 0.05) is 16.8 Å². The number of fused-ring (bicyclic) bond motifs is 1. The normalized spacial score (nSPS) is 12.1. The predicted octanol–water partition coefficient (Wildman–Crippen LogP) is 3.76. The fourth-order valence-corrected chi connectivity index (χ4v) is 3.06. The van der Waals surface area contributed by atoms with Crippen molar-refractivity contribution in [3.05, 3.63) is 17.3 Å². The number of thiophene rings is 1. The first-order chi connectivity index (χ1) is 8.90. The lowest BCUT2D eigenvalue weighted by Gasteiger charge is -2.24. The minimum absolute atomic E-state index is 0.237. The Morgan fingerprint density at radius 2 is 2.11 bits per heavy atom. The summed E-state index contributed by atoms with van der Waals surface area (Å²) in [7, 11) is 0. The molecule has 3 nitrogen and oxygen atoms in total. The van der Waals surface area contributed by atoms with Crippen molar-refractivity contribution in [3.63, 3.8) is 0 Å². The third kappa shape index (κ3) is 3.56. The van der Waals surface area contributed by atoms with Crippen LogP contribution in [0.5, 0.6) is 0 Å². The smallest absolute Gasteiger partial charge is 0.346 e. The van der Waals surface area contributed by atoms with Crippen molar-refractivity contribution in [2.24, 2.45) is 0 Å². The lowest BCUT2D eigenvalue weighted by molar-refractivity contribution is -0.119. The SMILES string of the molecule is Cc1cc2c(N(CCBr)CC(F)(F)F)ncnc2s1. The molecule has 0 radical (unpaired) electrons. The summed E-state index contributed by atoms with van der Waals surface area (Å²) in [6, 6.07) is 1.83. The van der Waals surface area contributed by atoms with Crippen LogP contribution in [0.15, 0.2) is 12.4 Å². The number of aromatic nitrogens is 2. The molecule has 0 spiro atoms. The van der Waals surface area contributed by atoms with Crippen molar-refractivity contribution in [3.8, 4) is 0 Å². The number of rotatable bonds is 4. The van der Waals surface area contributed by atoms with Crippen LogP contribution in [-0.2, 0) is 0 Å². The third-order valence-electron chi connectivity index (χ3n) is 2.46. The van der Waals surface area contributed by atoms with E-state index in [-0.39, 0.29) is 6.54 Å². The molecule has 0 unspecified atom stereocenters. The van der Waals surface area contributed by atoms with Crippen molar-refractivity contribution in [1.29, 1.82) is 0 Å². The van der Waals surface area contributed by atoms with E-state index < -0.39 is 12.7 Å². The highest BCUT2D eigenvalue weighted by Gasteiger charge is 2.32. The number of halogens is 4. The van der Waals surface area contributed by atoms with Crippen LogP contribution in [0, 0.1) is 6.92 Å². The predicted molar refractivity (Wildman–Crippen MR) is 74.2 cm³/mol. The van der Waals surface area contributed by atoms with Crippen molar-refractivity contribution >= 4 is 43.3 Å². The van der Waals surface area contributed by atoms with Gasteiger partial charge >= 0.3 is 6.18 Å². The third-order valence-corrected chi connectivity index (χ3v) is 3.77. The Labute approximate surface area is 120 Å². The molecule has 0 fully saturated rings. The monoisotopic (exact) mass is 353 g/mol. The van der Waals surface area contributed by atoms with Crippen LogP contribution in [-0.4, -0.2) is 34.6 Å². The first kappa shape index (κ1) is 14.5. The Balaban J connectivity index is 2.43. The van der Waals surface area contributed by atoms with Gasteiger partial charge in [-0.05, 0) is 13.0 Å². The van der Waals surface area contributed by atoms with Crippen LogP contribution in [0.25, 0.3) is 10.2 Å². The fourth-order valence-electron chi connectivity index (χ4n) is 1.79. The number of hydrogen-bond acceptors (Lipinski definition) is 4. The second-order valence-corrected chi connectivity index (χ2v) is 6.03. The molecule has 0 aliphatic carbocycles. The van der Waals surface area contributed by atoms with Gasteiger partial charge in [0.25, 0.3) is 0 Å². The molecule has 0 amide bonds. The molecule has 2 aromatic rings. The van der Waals surface area contributed by atoms with Gasteiger partial charge in [0.1, 0.15) is 23.5 Å². The first-order valence-electron chi connectivity index (χ1n) is 5.49. The molecule has 0 aliphatic rings. The van der Waals surface area contributed by atoms with Crippen molar-refractivity contribution in [2.75, 3.05) is 23.3 Å². The van der Waals surface area contributed by atoms with Gasteiger partial charge in [-0.1, -0.05) is 15.9 Å². The van der Waals surface area contributed by atoms with Crippen LogP contribution in [0.3, 0.4) is 0 Å². The maximum Gasteiger partial charge on any atom is 0.405 e. The average molecular weight is 354 g/mol. The standard InChI is InChI=1S/C11H11BrF3N3S/c1-7-4-8-9(16-6-17-10(8)19-7)18(3-2-12)5-11(13,14)15/h4,6H,2-3,5H2,1H3. The van der Waals surface area contributed by atoms with Crippen molar-refractivity contribution in [1.82, 2.24) is 9.97 Å². The second kappa shape index (κ2) is 5.62. The fraction of sp³-hybridized carbons (Fsp3) is 0.455. The van der Waals surface area contributed by atoms with Gasteiger partial charge in [-0.25, -0.2) is 9.97 Å². The summed E-state index contributed by atoms with van der Waals surface area (Å²) in [4.78, 5) is 11.1. The largest absolute Gasteiger partial charge is 0.405 e. The lowest BCUT2D eigenvalue weighted by Crippen LogP contribution is -2.36. The van der Waals surface area contributed by atoms with Crippen LogP contribution in [0.1, 0.15) is 4.88 Å². The second-order valence-electron chi connectivity index (χ2n) is 4.00. The minimum Gasteiger partial charge on any atom is -0.346 e. The summed E-state index contributed by atoms with van der Waals surface area (Å²) in [6.45, 7) is 1.12. The molecule has 2 rings (SSSR count). The minimum atomic E-state index is -4.26. The highest BCUT2D eigenvalue weighted by atomic mass is 79.9.